The highest BCUT2D eigenvalue weighted by molar-refractivity contribution is 8.00. The molecule has 1 amide bonds. The number of amides is 1. The van der Waals surface area contributed by atoms with Crippen LogP contribution in [-0.4, -0.2) is 52.2 Å². The molecule has 8 nitrogen and oxygen atoms in total. The molecule has 1 aromatic heterocycles. The van der Waals surface area contributed by atoms with Gasteiger partial charge in [-0.05, 0) is 56.9 Å². The van der Waals surface area contributed by atoms with Crippen molar-refractivity contribution < 1.29 is 13.2 Å². The van der Waals surface area contributed by atoms with Crippen LogP contribution in [0.4, 0.5) is 5.69 Å². The third-order valence-electron chi connectivity index (χ3n) is 5.95. The Labute approximate surface area is 187 Å². The van der Waals surface area contributed by atoms with Crippen LogP contribution in [0.15, 0.2) is 34.3 Å². The maximum atomic E-state index is 12.7. The zero-order chi connectivity index (χ0) is 21.8. The molecule has 1 atom stereocenters. The van der Waals surface area contributed by atoms with E-state index >= 15 is 0 Å². The number of aromatic amines is 1. The smallest absolute Gasteiger partial charge is 0.243 e. The van der Waals surface area contributed by atoms with Crippen LogP contribution in [0, 0.1) is 0 Å². The molecule has 31 heavy (non-hydrogen) atoms. The minimum Gasteiger partial charge on any atom is -0.325 e. The standard InChI is InChI=1S/C21H29N5O3S2/c1-15(30-21-23-19(24-25-21)16-7-3-4-8-16)20(27)22-17-9-11-18(12-10-17)31(28,29)26-13-5-2-6-14-26/h9-12,15-16H,2-8,13-14H2,1H3,(H,22,27)(H,23,24,25). The van der Waals surface area contributed by atoms with Crippen molar-refractivity contribution >= 4 is 33.4 Å². The second-order valence-electron chi connectivity index (χ2n) is 8.22. The van der Waals surface area contributed by atoms with Gasteiger partial charge in [0.1, 0.15) is 5.82 Å². The van der Waals surface area contributed by atoms with Crippen molar-refractivity contribution in [3.63, 3.8) is 0 Å². The molecule has 1 saturated carbocycles. The predicted molar refractivity (Wildman–Crippen MR) is 121 cm³/mol. The fraction of sp³-hybridized carbons (Fsp3) is 0.571. The van der Waals surface area contributed by atoms with Crippen molar-refractivity contribution in [3.05, 3.63) is 30.1 Å². The molecular weight excluding hydrogens is 434 g/mol. The molecular formula is C21H29N5O3S2. The molecule has 2 heterocycles. The van der Waals surface area contributed by atoms with Gasteiger partial charge in [0, 0.05) is 24.7 Å². The number of carbonyl (C=O) groups excluding carboxylic acids is 1. The maximum Gasteiger partial charge on any atom is 0.243 e. The Morgan fingerprint density at radius 3 is 2.48 bits per heavy atom. The van der Waals surface area contributed by atoms with Gasteiger partial charge in [-0.15, -0.1) is 5.10 Å². The number of nitrogens with zero attached hydrogens (tertiary/aromatic N) is 3. The van der Waals surface area contributed by atoms with Gasteiger partial charge in [0.05, 0.1) is 10.1 Å². The van der Waals surface area contributed by atoms with Crippen LogP contribution >= 0.6 is 11.8 Å². The van der Waals surface area contributed by atoms with Gasteiger partial charge < -0.3 is 5.32 Å². The van der Waals surface area contributed by atoms with E-state index in [4.69, 9.17) is 0 Å². The molecule has 0 bridgehead atoms. The van der Waals surface area contributed by atoms with Crippen molar-refractivity contribution in [1.29, 1.82) is 0 Å². The lowest BCUT2D eigenvalue weighted by Gasteiger charge is -2.25. The average Bonchev–Trinajstić information content (AvgIpc) is 3.47. The van der Waals surface area contributed by atoms with E-state index in [0.717, 1.165) is 37.9 Å². The van der Waals surface area contributed by atoms with E-state index in [2.05, 4.69) is 20.5 Å². The van der Waals surface area contributed by atoms with Gasteiger partial charge in [0.25, 0.3) is 0 Å². The van der Waals surface area contributed by atoms with Crippen LogP contribution in [0.5, 0.6) is 0 Å². The van der Waals surface area contributed by atoms with Gasteiger partial charge in [-0.2, -0.15) is 4.31 Å². The third-order valence-corrected chi connectivity index (χ3v) is 8.82. The minimum atomic E-state index is -3.47. The zero-order valence-corrected chi connectivity index (χ0v) is 19.3. The number of anilines is 1. The lowest BCUT2D eigenvalue weighted by atomic mass is 10.1. The van der Waals surface area contributed by atoms with Crippen molar-refractivity contribution in [2.24, 2.45) is 0 Å². The van der Waals surface area contributed by atoms with E-state index < -0.39 is 10.0 Å². The van der Waals surface area contributed by atoms with Gasteiger partial charge in [-0.3, -0.25) is 9.89 Å². The Bertz CT molecular complexity index is 994. The minimum absolute atomic E-state index is 0.177. The van der Waals surface area contributed by atoms with Crippen molar-refractivity contribution in [2.75, 3.05) is 18.4 Å². The molecule has 2 fully saturated rings. The SMILES string of the molecule is CC(Sc1n[nH]c(C2CCCC2)n1)C(=O)Nc1ccc(S(=O)(=O)N2CCCCC2)cc1. The normalized spacial score (nSPS) is 19.4. The van der Waals surface area contributed by atoms with E-state index in [1.807, 2.05) is 0 Å². The summed E-state index contributed by atoms with van der Waals surface area (Å²) in [7, 11) is -3.47. The first-order valence-corrected chi connectivity index (χ1v) is 13.3. The van der Waals surface area contributed by atoms with Crippen molar-refractivity contribution in [3.8, 4) is 0 Å². The van der Waals surface area contributed by atoms with Crippen LogP contribution in [0.1, 0.15) is 63.6 Å². The van der Waals surface area contributed by atoms with E-state index in [1.54, 1.807) is 35.5 Å². The Morgan fingerprint density at radius 2 is 1.81 bits per heavy atom. The number of benzene rings is 1. The van der Waals surface area contributed by atoms with Crippen LogP contribution < -0.4 is 5.32 Å². The van der Waals surface area contributed by atoms with Crippen LogP contribution in [0.3, 0.4) is 0 Å². The third kappa shape index (κ3) is 5.30. The summed E-state index contributed by atoms with van der Waals surface area (Å²) in [4.78, 5) is 17.4. The first-order valence-electron chi connectivity index (χ1n) is 10.9. The van der Waals surface area contributed by atoms with Crippen molar-refractivity contribution in [1.82, 2.24) is 19.5 Å². The summed E-state index contributed by atoms with van der Waals surface area (Å²) in [6, 6.07) is 6.38. The average molecular weight is 464 g/mol. The topological polar surface area (TPSA) is 108 Å². The lowest BCUT2D eigenvalue weighted by Crippen LogP contribution is -2.35. The zero-order valence-electron chi connectivity index (χ0n) is 17.7. The number of carbonyl (C=O) groups is 1. The number of thioether (sulfide) groups is 1. The monoisotopic (exact) mass is 463 g/mol. The number of hydrogen-bond acceptors (Lipinski definition) is 6. The number of hydrogen-bond donors (Lipinski definition) is 2. The number of piperidine rings is 1. The molecule has 1 unspecified atom stereocenters. The first-order chi connectivity index (χ1) is 14.9. The van der Waals surface area contributed by atoms with Gasteiger partial charge in [0.15, 0.2) is 0 Å². The largest absolute Gasteiger partial charge is 0.325 e. The Morgan fingerprint density at radius 1 is 1.13 bits per heavy atom. The number of sulfonamides is 1. The highest BCUT2D eigenvalue weighted by Crippen LogP contribution is 2.33. The molecule has 4 rings (SSSR count). The lowest BCUT2D eigenvalue weighted by molar-refractivity contribution is -0.115. The van der Waals surface area contributed by atoms with E-state index in [0.29, 0.717) is 29.9 Å². The van der Waals surface area contributed by atoms with Crippen LogP contribution in [-0.2, 0) is 14.8 Å². The molecule has 0 radical (unpaired) electrons. The van der Waals surface area contributed by atoms with Crippen molar-refractivity contribution in [2.45, 2.75) is 73.1 Å². The van der Waals surface area contributed by atoms with E-state index in [9.17, 15) is 13.2 Å². The number of H-pyrrole nitrogens is 1. The van der Waals surface area contributed by atoms with Gasteiger partial charge in [-0.25, -0.2) is 13.4 Å². The second-order valence-corrected chi connectivity index (χ2v) is 11.5. The Balaban J connectivity index is 1.33. The summed E-state index contributed by atoms with van der Waals surface area (Å²) in [5.74, 6) is 1.19. The summed E-state index contributed by atoms with van der Waals surface area (Å²) in [6.45, 7) is 2.94. The maximum absolute atomic E-state index is 12.7. The molecule has 2 aromatic rings. The molecule has 168 valence electrons. The molecule has 1 aromatic carbocycles. The second kappa shape index (κ2) is 9.70. The van der Waals surface area contributed by atoms with Gasteiger partial charge in [0.2, 0.25) is 21.1 Å². The molecule has 1 saturated heterocycles. The van der Waals surface area contributed by atoms with Gasteiger partial charge >= 0.3 is 0 Å². The summed E-state index contributed by atoms with van der Waals surface area (Å²) >= 11 is 1.31. The molecule has 1 aliphatic heterocycles. The Kier molecular flexibility index (Phi) is 6.98. The fourth-order valence-electron chi connectivity index (χ4n) is 4.11. The predicted octanol–water partition coefficient (Wildman–Crippen LogP) is 3.76. The molecule has 1 aliphatic carbocycles. The Hall–Kier alpha value is -1.91. The molecule has 2 N–H and O–H groups in total. The quantitative estimate of drug-likeness (QED) is 0.606. The molecule has 2 aliphatic rings. The highest BCUT2D eigenvalue weighted by Gasteiger charge is 2.26. The van der Waals surface area contributed by atoms with Crippen LogP contribution in [0.25, 0.3) is 0 Å². The van der Waals surface area contributed by atoms with Crippen LogP contribution in [0.2, 0.25) is 0 Å². The number of rotatable bonds is 7. The summed E-state index contributed by atoms with van der Waals surface area (Å²) in [6.07, 6.45) is 7.60. The summed E-state index contributed by atoms with van der Waals surface area (Å²) in [5, 5.41) is 10.3. The highest BCUT2D eigenvalue weighted by atomic mass is 32.2. The summed E-state index contributed by atoms with van der Waals surface area (Å²) in [5.41, 5.74) is 0.566. The summed E-state index contributed by atoms with van der Waals surface area (Å²) < 4.78 is 27.0. The van der Waals surface area contributed by atoms with E-state index in [-0.39, 0.29) is 16.1 Å². The fourth-order valence-corrected chi connectivity index (χ4v) is 6.36. The first kappa shape index (κ1) is 22.3. The molecule has 10 heteroatoms. The van der Waals surface area contributed by atoms with E-state index in [1.165, 1.54) is 24.6 Å². The molecule has 0 spiro atoms. The van der Waals surface area contributed by atoms with Gasteiger partial charge in [-0.1, -0.05) is 31.0 Å². The number of nitrogens with one attached hydrogen (secondary N) is 2. The number of aromatic nitrogens is 3.